The number of ether oxygens (including phenoxy) is 1. The number of hydrogen-bond acceptors (Lipinski definition) is 4. The van der Waals surface area contributed by atoms with Crippen molar-refractivity contribution >= 4 is 0 Å². The van der Waals surface area contributed by atoms with Gasteiger partial charge in [0.1, 0.15) is 6.61 Å². The van der Waals surface area contributed by atoms with Gasteiger partial charge in [-0.3, -0.25) is 0 Å². The molecule has 1 aliphatic rings. The summed E-state index contributed by atoms with van der Waals surface area (Å²) in [4.78, 5) is 0. The molecular formula is C14H14N4O. The van der Waals surface area contributed by atoms with Gasteiger partial charge in [0, 0.05) is 5.56 Å². The van der Waals surface area contributed by atoms with E-state index in [-0.39, 0.29) is 6.04 Å². The van der Waals surface area contributed by atoms with E-state index in [1.165, 1.54) is 0 Å². The molecule has 19 heavy (non-hydrogen) atoms. The predicted molar refractivity (Wildman–Crippen MR) is 69.2 cm³/mol. The highest BCUT2D eigenvalue weighted by atomic mass is 16.5. The predicted octanol–water partition coefficient (Wildman–Crippen LogP) is 2.30. The number of nitrogens with zero attached hydrogens (tertiary/aromatic N) is 4. The first kappa shape index (κ1) is 11.9. The molecule has 1 aromatic carbocycles. The first-order valence-corrected chi connectivity index (χ1v) is 6.35. The molecule has 0 fully saturated rings. The quantitative estimate of drug-likeness (QED) is 0.824. The number of nitriles is 1. The lowest BCUT2D eigenvalue weighted by Crippen LogP contribution is -2.23. The molecule has 1 aliphatic heterocycles. The van der Waals surface area contributed by atoms with Gasteiger partial charge in [-0.25, -0.2) is 0 Å². The van der Waals surface area contributed by atoms with Gasteiger partial charge in [-0.2, -0.15) is 5.26 Å². The Morgan fingerprint density at radius 2 is 2.37 bits per heavy atom. The molecule has 3 rings (SSSR count). The molecule has 5 heteroatoms. The molecule has 0 saturated carbocycles. The monoisotopic (exact) mass is 254 g/mol. The molecule has 0 spiro atoms. The fourth-order valence-corrected chi connectivity index (χ4v) is 2.39. The van der Waals surface area contributed by atoms with E-state index in [1.807, 2.05) is 18.2 Å². The van der Waals surface area contributed by atoms with E-state index in [2.05, 4.69) is 27.8 Å². The number of rotatable bonds is 2. The van der Waals surface area contributed by atoms with Crippen molar-refractivity contribution in [2.24, 2.45) is 0 Å². The molecule has 0 N–H and O–H groups in total. The Bertz CT molecular complexity index is 641. The summed E-state index contributed by atoms with van der Waals surface area (Å²) in [5.41, 5.74) is 1.56. The minimum Gasteiger partial charge on any atom is -0.371 e. The average Bonchev–Trinajstić information content (AvgIpc) is 2.91. The summed E-state index contributed by atoms with van der Waals surface area (Å²) in [6.45, 7) is 3.31. The Labute approximate surface area is 111 Å². The van der Waals surface area contributed by atoms with E-state index >= 15 is 0 Å². The molecule has 1 aromatic heterocycles. The van der Waals surface area contributed by atoms with Crippen LogP contribution in [-0.2, 0) is 11.3 Å². The molecule has 0 amide bonds. The van der Waals surface area contributed by atoms with Crippen molar-refractivity contribution in [3.63, 3.8) is 0 Å². The number of hydrogen-bond donors (Lipinski definition) is 0. The maximum atomic E-state index is 8.98. The minimum atomic E-state index is 0.263. The van der Waals surface area contributed by atoms with E-state index in [0.29, 0.717) is 18.8 Å². The van der Waals surface area contributed by atoms with Gasteiger partial charge in [-0.05, 0) is 18.6 Å². The number of fused-ring (bicyclic) bond motifs is 1. The van der Waals surface area contributed by atoms with Crippen LogP contribution in [0.15, 0.2) is 24.3 Å². The first-order valence-electron chi connectivity index (χ1n) is 6.35. The van der Waals surface area contributed by atoms with E-state index in [4.69, 9.17) is 10.00 Å². The van der Waals surface area contributed by atoms with Crippen molar-refractivity contribution in [2.75, 3.05) is 6.61 Å². The maximum absolute atomic E-state index is 8.98. The summed E-state index contributed by atoms with van der Waals surface area (Å²) in [6.07, 6.45) is 0.968. The third kappa shape index (κ3) is 2.00. The summed E-state index contributed by atoms with van der Waals surface area (Å²) in [7, 11) is 0. The maximum Gasteiger partial charge on any atom is 0.164 e. The van der Waals surface area contributed by atoms with Crippen LogP contribution in [0.25, 0.3) is 11.4 Å². The molecule has 1 atom stereocenters. The fourth-order valence-electron chi connectivity index (χ4n) is 2.39. The van der Waals surface area contributed by atoms with Gasteiger partial charge in [0.15, 0.2) is 11.6 Å². The van der Waals surface area contributed by atoms with Gasteiger partial charge in [0.25, 0.3) is 0 Å². The molecule has 0 aliphatic carbocycles. The topological polar surface area (TPSA) is 63.7 Å². The van der Waals surface area contributed by atoms with Crippen molar-refractivity contribution in [3.8, 4) is 17.5 Å². The van der Waals surface area contributed by atoms with Crippen molar-refractivity contribution in [3.05, 3.63) is 35.7 Å². The van der Waals surface area contributed by atoms with Crippen molar-refractivity contribution in [1.82, 2.24) is 14.8 Å². The van der Waals surface area contributed by atoms with Crippen LogP contribution in [0.3, 0.4) is 0 Å². The Hall–Kier alpha value is -2.19. The Morgan fingerprint density at radius 3 is 3.16 bits per heavy atom. The first-order chi connectivity index (χ1) is 9.33. The number of aromatic nitrogens is 3. The lowest BCUT2D eigenvalue weighted by atomic mass is 10.1. The summed E-state index contributed by atoms with van der Waals surface area (Å²) < 4.78 is 7.66. The van der Waals surface area contributed by atoms with Gasteiger partial charge >= 0.3 is 0 Å². The highest BCUT2D eigenvalue weighted by molar-refractivity contribution is 5.58. The molecule has 0 bridgehead atoms. The second kappa shape index (κ2) is 4.82. The van der Waals surface area contributed by atoms with Crippen LogP contribution in [0, 0.1) is 11.3 Å². The van der Waals surface area contributed by atoms with Crippen LogP contribution >= 0.6 is 0 Å². The summed E-state index contributed by atoms with van der Waals surface area (Å²) in [5.74, 6) is 1.68. The van der Waals surface area contributed by atoms with Crippen molar-refractivity contribution in [1.29, 1.82) is 5.26 Å². The zero-order valence-corrected chi connectivity index (χ0v) is 10.7. The lowest BCUT2D eigenvalue weighted by Gasteiger charge is -2.25. The molecular weight excluding hydrogens is 240 g/mol. The zero-order chi connectivity index (χ0) is 13.2. The third-order valence-corrected chi connectivity index (χ3v) is 3.39. The highest BCUT2D eigenvalue weighted by Gasteiger charge is 2.24. The normalized spacial score (nSPS) is 17.8. The van der Waals surface area contributed by atoms with E-state index < -0.39 is 0 Å². The zero-order valence-electron chi connectivity index (χ0n) is 10.7. The van der Waals surface area contributed by atoms with Gasteiger partial charge in [0.05, 0.1) is 24.3 Å². The van der Waals surface area contributed by atoms with E-state index in [0.717, 1.165) is 23.6 Å². The van der Waals surface area contributed by atoms with Crippen LogP contribution in [0.5, 0.6) is 0 Å². The molecule has 2 aromatic rings. The molecule has 2 heterocycles. The molecule has 1 unspecified atom stereocenters. The second-order valence-electron chi connectivity index (χ2n) is 4.58. The largest absolute Gasteiger partial charge is 0.371 e. The average molecular weight is 254 g/mol. The standard InChI is InChI=1S/C14H14N4O/c1-2-12-8-19-9-13-16-17-14(18(12)13)11-5-3-4-10(6-11)7-15/h3-6,12H,2,8-9H2,1H3. The fraction of sp³-hybridized carbons (Fsp3) is 0.357. The van der Waals surface area contributed by atoms with E-state index in [9.17, 15) is 0 Å². The van der Waals surface area contributed by atoms with Gasteiger partial charge < -0.3 is 9.30 Å². The molecule has 96 valence electrons. The van der Waals surface area contributed by atoms with E-state index in [1.54, 1.807) is 6.07 Å². The Morgan fingerprint density at radius 1 is 1.47 bits per heavy atom. The SMILES string of the molecule is CCC1COCc2nnc(-c3cccc(C#N)c3)n21. The van der Waals surface area contributed by atoms with Gasteiger partial charge in [0.2, 0.25) is 0 Å². The summed E-state index contributed by atoms with van der Waals surface area (Å²) >= 11 is 0. The Balaban J connectivity index is 2.11. The smallest absolute Gasteiger partial charge is 0.164 e. The van der Waals surface area contributed by atoms with Crippen LogP contribution in [0.2, 0.25) is 0 Å². The lowest BCUT2D eigenvalue weighted by molar-refractivity contribution is 0.0542. The minimum absolute atomic E-state index is 0.263. The van der Waals surface area contributed by atoms with Crippen LogP contribution < -0.4 is 0 Å². The molecule has 0 saturated heterocycles. The van der Waals surface area contributed by atoms with Crippen molar-refractivity contribution < 1.29 is 4.74 Å². The third-order valence-electron chi connectivity index (χ3n) is 3.39. The highest BCUT2D eigenvalue weighted by Crippen LogP contribution is 2.28. The van der Waals surface area contributed by atoms with Gasteiger partial charge in [-0.15, -0.1) is 10.2 Å². The molecule has 0 radical (unpaired) electrons. The second-order valence-corrected chi connectivity index (χ2v) is 4.58. The van der Waals surface area contributed by atoms with Crippen LogP contribution in [0.4, 0.5) is 0 Å². The summed E-state index contributed by atoms with van der Waals surface area (Å²) in [6, 6.07) is 9.88. The molecule has 5 nitrogen and oxygen atoms in total. The van der Waals surface area contributed by atoms with Crippen molar-refractivity contribution in [2.45, 2.75) is 26.0 Å². The number of benzene rings is 1. The van der Waals surface area contributed by atoms with Crippen LogP contribution in [-0.4, -0.2) is 21.4 Å². The summed E-state index contributed by atoms with van der Waals surface area (Å²) in [5, 5.41) is 17.4. The Kier molecular flexibility index (Phi) is 3.02. The van der Waals surface area contributed by atoms with Crippen LogP contribution in [0.1, 0.15) is 30.8 Å². The van der Waals surface area contributed by atoms with Gasteiger partial charge in [-0.1, -0.05) is 19.1 Å².